The van der Waals surface area contributed by atoms with Gasteiger partial charge in [-0.05, 0) is 55.3 Å². The Bertz CT molecular complexity index is 1030. The van der Waals surface area contributed by atoms with E-state index in [1.165, 1.54) is 38.4 Å². The van der Waals surface area contributed by atoms with Crippen LogP contribution in [0.3, 0.4) is 0 Å². The van der Waals surface area contributed by atoms with Gasteiger partial charge in [0.1, 0.15) is 12.4 Å². The maximum Gasteiger partial charge on any atom is 0.269 e. The Balaban J connectivity index is 1.55. The summed E-state index contributed by atoms with van der Waals surface area (Å²) in [5.74, 6) is -0.535. The normalized spacial score (nSPS) is 16.2. The highest BCUT2D eigenvalue weighted by atomic mass is 32.2. The molecule has 1 heterocycles. The topological polar surface area (TPSA) is 114 Å². The van der Waals surface area contributed by atoms with Crippen LogP contribution in [0.5, 0.6) is 5.75 Å². The van der Waals surface area contributed by atoms with Crippen LogP contribution in [0.2, 0.25) is 0 Å². The van der Waals surface area contributed by atoms with Crippen molar-refractivity contribution in [3.05, 3.63) is 59.7 Å². The predicted octanol–water partition coefficient (Wildman–Crippen LogP) is 1.57. The van der Waals surface area contributed by atoms with Gasteiger partial charge in [0.05, 0.1) is 11.0 Å². The third-order valence-electron chi connectivity index (χ3n) is 4.74. The summed E-state index contributed by atoms with van der Waals surface area (Å²) in [5, 5.41) is 0. The van der Waals surface area contributed by atoms with Crippen molar-refractivity contribution in [3.63, 3.8) is 0 Å². The van der Waals surface area contributed by atoms with E-state index in [4.69, 9.17) is 9.47 Å². The molecule has 0 saturated carbocycles. The molecule has 0 bridgehead atoms. The first-order chi connectivity index (χ1) is 14.8. The molecule has 166 valence electrons. The fourth-order valence-electron chi connectivity index (χ4n) is 2.93. The number of benzene rings is 2. The molecule has 1 aliphatic rings. The summed E-state index contributed by atoms with van der Waals surface area (Å²) in [4.78, 5) is 24.6. The maximum absolute atomic E-state index is 12.3. The highest BCUT2D eigenvalue weighted by molar-refractivity contribution is 7.89. The highest BCUT2D eigenvalue weighted by Gasteiger charge is 2.19. The number of nitrogens with one attached hydrogen (secondary N) is 2. The van der Waals surface area contributed by atoms with Gasteiger partial charge in [-0.15, -0.1) is 0 Å². The maximum atomic E-state index is 12.3. The second-order valence-electron chi connectivity index (χ2n) is 7.19. The molecule has 2 aromatic rings. The molecule has 10 heteroatoms. The fraction of sp³-hybridized carbons (Fsp3) is 0.333. The van der Waals surface area contributed by atoms with Crippen LogP contribution in [0.4, 0.5) is 0 Å². The summed E-state index contributed by atoms with van der Waals surface area (Å²) >= 11 is 0. The van der Waals surface area contributed by atoms with E-state index in [9.17, 15) is 18.0 Å². The van der Waals surface area contributed by atoms with Crippen LogP contribution in [-0.2, 0) is 14.8 Å². The summed E-state index contributed by atoms with van der Waals surface area (Å²) < 4.78 is 36.6. The Labute approximate surface area is 181 Å². The first kappa shape index (κ1) is 22.7. The molecule has 3 rings (SSSR count). The number of carbonyl (C=O) groups is 2. The van der Waals surface area contributed by atoms with Gasteiger partial charge >= 0.3 is 0 Å². The van der Waals surface area contributed by atoms with Gasteiger partial charge in [0, 0.05) is 31.8 Å². The Morgan fingerprint density at radius 3 is 2.35 bits per heavy atom. The minimum Gasteiger partial charge on any atom is -0.491 e. The van der Waals surface area contributed by atoms with Gasteiger partial charge in [-0.2, -0.15) is 0 Å². The molecule has 0 aromatic heterocycles. The highest BCUT2D eigenvalue weighted by Crippen LogP contribution is 2.17. The molecular formula is C21H25N3O6S. The quantitative estimate of drug-likeness (QED) is 0.623. The van der Waals surface area contributed by atoms with Gasteiger partial charge in [0.25, 0.3) is 11.8 Å². The smallest absolute Gasteiger partial charge is 0.269 e. The van der Waals surface area contributed by atoms with E-state index in [1.54, 1.807) is 24.3 Å². The van der Waals surface area contributed by atoms with E-state index in [2.05, 4.69) is 10.9 Å². The molecule has 2 aromatic carbocycles. The summed E-state index contributed by atoms with van der Waals surface area (Å²) in [6, 6.07) is 12.1. The van der Waals surface area contributed by atoms with Gasteiger partial charge < -0.3 is 9.47 Å². The minimum atomic E-state index is -3.68. The van der Waals surface area contributed by atoms with Gasteiger partial charge in [-0.1, -0.05) is 6.07 Å². The largest absolute Gasteiger partial charge is 0.491 e. The number of nitrogens with zero attached hydrogens (tertiary/aromatic N) is 1. The number of carbonyl (C=O) groups excluding carboxylic acids is 2. The Morgan fingerprint density at radius 1 is 1.06 bits per heavy atom. The van der Waals surface area contributed by atoms with E-state index in [0.29, 0.717) is 17.9 Å². The van der Waals surface area contributed by atoms with E-state index in [0.717, 1.165) is 23.8 Å². The van der Waals surface area contributed by atoms with Crippen molar-refractivity contribution in [1.29, 1.82) is 0 Å². The first-order valence-electron chi connectivity index (χ1n) is 9.75. The minimum absolute atomic E-state index is 0.0185. The van der Waals surface area contributed by atoms with Crippen molar-refractivity contribution < 1.29 is 27.5 Å². The van der Waals surface area contributed by atoms with Crippen LogP contribution in [0.15, 0.2) is 53.4 Å². The van der Waals surface area contributed by atoms with Crippen molar-refractivity contribution in [2.45, 2.75) is 23.8 Å². The second-order valence-corrected chi connectivity index (χ2v) is 9.35. The fourth-order valence-corrected chi connectivity index (χ4v) is 3.88. The number of rotatable bonds is 7. The molecular weight excluding hydrogens is 422 g/mol. The monoisotopic (exact) mass is 447 g/mol. The second kappa shape index (κ2) is 9.90. The van der Waals surface area contributed by atoms with Gasteiger partial charge in [-0.3, -0.25) is 20.4 Å². The lowest BCUT2D eigenvalue weighted by Crippen LogP contribution is -2.41. The van der Waals surface area contributed by atoms with Crippen molar-refractivity contribution in [1.82, 2.24) is 15.2 Å². The molecule has 1 atom stereocenters. The van der Waals surface area contributed by atoms with Crippen molar-refractivity contribution in [3.8, 4) is 5.75 Å². The zero-order chi connectivity index (χ0) is 22.4. The third-order valence-corrected chi connectivity index (χ3v) is 6.55. The molecule has 1 aliphatic heterocycles. The summed E-state index contributed by atoms with van der Waals surface area (Å²) in [7, 11) is -0.868. The molecule has 2 amide bonds. The number of hydrogen-bond donors (Lipinski definition) is 2. The van der Waals surface area contributed by atoms with E-state index in [-0.39, 0.29) is 16.6 Å². The number of amides is 2. The predicted molar refractivity (Wildman–Crippen MR) is 113 cm³/mol. The zero-order valence-corrected chi connectivity index (χ0v) is 18.1. The lowest BCUT2D eigenvalue weighted by atomic mass is 10.2. The van der Waals surface area contributed by atoms with E-state index in [1.807, 2.05) is 0 Å². The number of sulfonamides is 1. The van der Waals surface area contributed by atoms with Crippen LogP contribution in [0.25, 0.3) is 0 Å². The summed E-state index contributed by atoms with van der Waals surface area (Å²) in [6.45, 7) is 1.22. The SMILES string of the molecule is CN(C)S(=O)(=O)c1cccc(C(=O)NNC(=O)c2ccc(OCC3CCCO3)cc2)c1. The summed E-state index contributed by atoms with van der Waals surface area (Å²) in [6.07, 6.45) is 2.11. The number of ether oxygens (including phenoxy) is 2. The van der Waals surface area contributed by atoms with Gasteiger partial charge in [-0.25, -0.2) is 12.7 Å². The van der Waals surface area contributed by atoms with E-state index >= 15 is 0 Å². The first-order valence-corrected chi connectivity index (χ1v) is 11.2. The van der Waals surface area contributed by atoms with E-state index < -0.39 is 21.8 Å². The van der Waals surface area contributed by atoms with Crippen LogP contribution in [0, 0.1) is 0 Å². The lowest BCUT2D eigenvalue weighted by molar-refractivity contribution is 0.0679. The molecule has 1 fully saturated rings. The zero-order valence-electron chi connectivity index (χ0n) is 17.3. The molecule has 0 radical (unpaired) electrons. The van der Waals surface area contributed by atoms with Crippen molar-refractivity contribution in [2.75, 3.05) is 27.3 Å². The molecule has 2 N–H and O–H groups in total. The van der Waals surface area contributed by atoms with Crippen LogP contribution in [-0.4, -0.2) is 58.0 Å². The standard InChI is InChI=1S/C21H25N3O6S/c1-24(2)31(27,28)19-7-3-5-16(13-19)21(26)23-22-20(25)15-8-10-17(11-9-15)30-14-18-6-4-12-29-18/h3,5,7-11,13,18H,4,6,12,14H2,1-2H3,(H,22,25)(H,23,26). The average molecular weight is 448 g/mol. The third kappa shape index (κ3) is 5.81. The molecule has 0 aliphatic carbocycles. The molecule has 0 spiro atoms. The molecule has 1 saturated heterocycles. The van der Waals surface area contributed by atoms with Crippen LogP contribution < -0.4 is 15.6 Å². The van der Waals surface area contributed by atoms with Crippen molar-refractivity contribution in [2.24, 2.45) is 0 Å². The Kier molecular flexibility index (Phi) is 7.26. The average Bonchev–Trinajstić information content (AvgIpc) is 3.30. The number of hydrogen-bond acceptors (Lipinski definition) is 6. The van der Waals surface area contributed by atoms with Crippen LogP contribution in [0.1, 0.15) is 33.6 Å². The Hall–Kier alpha value is -2.95. The van der Waals surface area contributed by atoms with Crippen molar-refractivity contribution >= 4 is 21.8 Å². The Morgan fingerprint density at radius 2 is 1.74 bits per heavy atom. The van der Waals surface area contributed by atoms with Gasteiger partial charge in [0.15, 0.2) is 0 Å². The van der Waals surface area contributed by atoms with Gasteiger partial charge in [0.2, 0.25) is 10.0 Å². The van der Waals surface area contributed by atoms with Crippen LogP contribution >= 0.6 is 0 Å². The molecule has 9 nitrogen and oxygen atoms in total. The summed E-state index contributed by atoms with van der Waals surface area (Å²) in [5.41, 5.74) is 5.03. The molecule has 1 unspecified atom stereocenters. The number of hydrazine groups is 1. The molecule has 31 heavy (non-hydrogen) atoms. The lowest BCUT2D eigenvalue weighted by Gasteiger charge is -2.13.